The molecule has 0 saturated carbocycles. The summed E-state index contributed by atoms with van der Waals surface area (Å²) in [6.07, 6.45) is 9.59. The third kappa shape index (κ3) is 3.99. The molecule has 1 aromatic rings. The summed E-state index contributed by atoms with van der Waals surface area (Å²) in [4.78, 5) is 28.4. The van der Waals surface area contributed by atoms with Gasteiger partial charge in [-0.15, -0.1) is 0 Å². The van der Waals surface area contributed by atoms with Crippen LogP contribution >= 0.6 is 0 Å². The Balaban J connectivity index is 1.30. The molecular weight excluding hydrogens is 330 g/mol. The molecule has 0 radical (unpaired) electrons. The zero-order valence-electron chi connectivity index (χ0n) is 15.4. The van der Waals surface area contributed by atoms with Gasteiger partial charge in [0.15, 0.2) is 0 Å². The Hall–Kier alpha value is -1.73. The third-order valence-electron chi connectivity index (χ3n) is 5.97. The average Bonchev–Trinajstić information content (AvgIpc) is 2.75. The topological polar surface area (TPSA) is 61.8 Å². The molecule has 0 N–H and O–H groups in total. The van der Waals surface area contributed by atoms with E-state index >= 15 is 0 Å². The number of carbonyl (C=O) groups is 1. The van der Waals surface area contributed by atoms with E-state index < -0.39 is 0 Å². The largest absolute Gasteiger partial charge is 0.381 e. The van der Waals surface area contributed by atoms with Crippen LogP contribution in [0.1, 0.15) is 25.7 Å². The van der Waals surface area contributed by atoms with Crippen LogP contribution in [0.2, 0.25) is 0 Å². The van der Waals surface area contributed by atoms with Gasteiger partial charge in [-0.05, 0) is 32.2 Å². The van der Waals surface area contributed by atoms with Crippen molar-refractivity contribution in [1.82, 2.24) is 19.8 Å². The summed E-state index contributed by atoms with van der Waals surface area (Å²) < 4.78 is 5.49. The second kappa shape index (κ2) is 8.31. The number of carbonyl (C=O) groups excluding carboxylic acids is 1. The molecule has 0 spiro atoms. The highest BCUT2D eigenvalue weighted by atomic mass is 16.5. The lowest BCUT2D eigenvalue weighted by molar-refractivity contribution is -0.138. The lowest BCUT2D eigenvalue weighted by Crippen LogP contribution is -2.54. The quantitative estimate of drug-likeness (QED) is 0.803. The Morgan fingerprint density at radius 2 is 1.85 bits per heavy atom. The van der Waals surface area contributed by atoms with Crippen LogP contribution in [0.15, 0.2) is 18.6 Å². The van der Waals surface area contributed by atoms with Crippen molar-refractivity contribution in [3.8, 4) is 0 Å². The second-order valence-corrected chi connectivity index (χ2v) is 7.55. The van der Waals surface area contributed by atoms with E-state index in [9.17, 15) is 4.79 Å². The monoisotopic (exact) mass is 359 g/mol. The smallest absolute Gasteiger partial charge is 0.227 e. The molecule has 3 aliphatic heterocycles. The number of anilines is 1. The number of aromatic nitrogens is 2. The van der Waals surface area contributed by atoms with Crippen LogP contribution in [-0.4, -0.2) is 84.2 Å². The maximum Gasteiger partial charge on any atom is 0.227 e. The van der Waals surface area contributed by atoms with Gasteiger partial charge < -0.3 is 14.5 Å². The minimum absolute atomic E-state index is 0.162. The van der Waals surface area contributed by atoms with Crippen molar-refractivity contribution in [3.05, 3.63) is 18.6 Å². The molecule has 1 amide bonds. The lowest BCUT2D eigenvalue weighted by atomic mass is 9.93. The molecular formula is C19H29N5O2. The molecule has 3 saturated heterocycles. The van der Waals surface area contributed by atoms with E-state index in [-0.39, 0.29) is 5.92 Å². The fourth-order valence-corrected chi connectivity index (χ4v) is 4.46. The van der Waals surface area contributed by atoms with E-state index in [1.165, 1.54) is 0 Å². The number of piperidine rings is 1. The Kier molecular flexibility index (Phi) is 5.65. The van der Waals surface area contributed by atoms with Crippen molar-refractivity contribution >= 4 is 11.7 Å². The minimum Gasteiger partial charge on any atom is -0.381 e. The Morgan fingerprint density at radius 3 is 2.58 bits per heavy atom. The first-order chi connectivity index (χ1) is 12.8. The Labute approximate surface area is 155 Å². The summed E-state index contributed by atoms with van der Waals surface area (Å²) in [5.74, 6) is 1.41. The summed E-state index contributed by atoms with van der Waals surface area (Å²) in [7, 11) is 0. The molecule has 7 heteroatoms. The second-order valence-electron chi connectivity index (χ2n) is 7.55. The van der Waals surface area contributed by atoms with E-state index in [1.54, 1.807) is 18.6 Å². The predicted octanol–water partition coefficient (Wildman–Crippen LogP) is 1.02. The summed E-state index contributed by atoms with van der Waals surface area (Å²) in [6.45, 7) is 7.02. The van der Waals surface area contributed by atoms with Crippen molar-refractivity contribution in [3.63, 3.8) is 0 Å². The molecule has 142 valence electrons. The van der Waals surface area contributed by atoms with Crippen molar-refractivity contribution in [2.75, 3.05) is 57.4 Å². The van der Waals surface area contributed by atoms with Crippen LogP contribution < -0.4 is 4.90 Å². The standard InChI is InChI=1S/C19H29N5O2/c25-19(16-2-1-7-24(15-16)17-3-12-26-13-4-17)23-10-8-22(9-11-23)18-14-20-5-6-21-18/h5-6,14,16-17H,1-4,7-13,15H2/t16-/m0/s1. The van der Waals surface area contributed by atoms with E-state index in [0.717, 1.165) is 84.0 Å². The number of ether oxygens (including phenoxy) is 1. The molecule has 0 bridgehead atoms. The molecule has 7 nitrogen and oxygen atoms in total. The summed E-state index contributed by atoms with van der Waals surface area (Å²) >= 11 is 0. The fraction of sp³-hybridized carbons (Fsp3) is 0.737. The number of nitrogens with zero attached hydrogens (tertiary/aromatic N) is 5. The van der Waals surface area contributed by atoms with Gasteiger partial charge in [-0.25, -0.2) is 4.98 Å². The first-order valence-corrected chi connectivity index (χ1v) is 9.93. The molecule has 4 heterocycles. The van der Waals surface area contributed by atoms with E-state index in [1.807, 2.05) is 0 Å². The SMILES string of the molecule is O=C([C@H]1CCCN(C2CCOCC2)C1)N1CCN(c2cnccn2)CC1. The fourth-order valence-electron chi connectivity index (χ4n) is 4.46. The van der Waals surface area contributed by atoms with Gasteiger partial charge in [0.1, 0.15) is 5.82 Å². The molecule has 3 fully saturated rings. The van der Waals surface area contributed by atoms with Gasteiger partial charge in [0, 0.05) is 64.4 Å². The van der Waals surface area contributed by atoms with Gasteiger partial charge >= 0.3 is 0 Å². The van der Waals surface area contributed by atoms with Gasteiger partial charge in [-0.1, -0.05) is 0 Å². The lowest BCUT2D eigenvalue weighted by Gasteiger charge is -2.42. The Morgan fingerprint density at radius 1 is 1.04 bits per heavy atom. The number of hydrogen-bond acceptors (Lipinski definition) is 6. The van der Waals surface area contributed by atoms with Crippen LogP contribution in [-0.2, 0) is 9.53 Å². The summed E-state index contributed by atoms with van der Waals surface area (Å²) in [5.41, 5.74) is 0. The molecule has 0 aliphatic carbocycles. The first kappa shape index (κ1) is 17.7. The zero-order chi connectivity index (χ0) is 17.8. The van der Waals surface area contributed by atoms with Gasteiger partial charge in [0.05, 0.1) is 12.1 Å². The van der Waals surface area contributed by atoms with E-state index in [4.69, 9.17) is 4.74 Å². The Bertz CT molecular complexity index is 585. The number of hydrogen-bond donors (Lipinski definition) is 0. The predicted molar refractivity (Wildman–Crippen MR) is 99.0 cm³/mol. The van der Waals surface area contributed by atoms with Crippen LogP contribution in [0, 0.1) is 5.92 Å². The van der Waals surface area contributed by atoms with Crippen molar-refractivity contribution in [2.45, 2.75) is 31.7 Å². The normalized spacial score (nSPS) is 26.1. The number of likely N-dealkylation sites (tertiary alicyclic amines) is 1. The van der Waals surface area contributed by atoms with E-state index in [0.29, 0.717) is 11.9 Å². The maximum atomic E-state index is 13.1. The van der Waals surface area contributed by atoms with Crippen molar-refractivity contribution in [2.24, 2.45) is 5.92 Å². The van der Waals surface area contributed by atoms with Crippen LogP contribution in [0.25, 0.3) is 0 Å². The highest BCUT2D eigenvalue weighted by Crippen LogP contribution is 2.25. The van der Waals surface area contributed by atoms with Crippen LogP contribution in [0.3, 0.4) is 0 Å². The van der Waals surface area contributed by atoms with E-state index in [2.05, 4.69) is 24.7 Å². The van der Waals surface area contributed by atoms with Crippen molar-refractivity contribution in [1.29, 1.82) is 0 Å². The van der Waals surface area contributed by atoms with Gasteiger partial charge in [0.2, 0.25) is 5.91 Å². The number of piperazine rings is 1. The molecule has 1 atom stereocenters. The number of amides is 1. The highest BCUT2D eigenvalue weighted by molar-refractivity contribution is 5.79. The molecule has 4 rings (SSSR count). The van der Waals surface area contributed by atoms with Crippen LogP contribution in [0.4, 0.5) is 5.82 Å². The summed E-state index contributed by atoms with van der Waals surface area (Å²) in [6, 6.07) is 0.604. The maximum absolute atomic E-state index is 13.1. The van der Waals surface area contributed by atoms with Crippen LogP contribution in [0.5, 0.6) is 0 Å². The molecule has 1 aromatic heterocycles. The average molecular weight is 359 g/mol. The van der Waals surface area contributed by atoms with Gasteiger partial charge in [0.25, 0.3) is 0 Å². The first-order valence-electron chi connectivity index (χ1n) is 9.93. The zero-order valence-corrected chi connectivity index (χ0v) is 15.4. The minimum atomic E-state index is 0.162. The number of rotatable bonds is 3. The third-order valence-corrected chi connectivity index (χ3v) is 5.97. The van der Waals surface area contributed by atoms with Crippen molar-refractivity contribution < 1.29 is 9.53 Å². The molecule has 26 heavy (non-hydrogen) atoms. The highest BCUT2D eigenvalue weighted by Gasteiger charge is 2.33. The summed E-state index contributed by atoms with van der Waals surface area (Å²) in [5, 5.41) is 0. The van der Waals surface area contributed by atoms with Gasteiger partial charge in [-0.2, -0.15) is 0 Å². The molecule has 0 aromatic carbocycles. The van der Waals surface area contributed by atoms with Gasteiger partial charge in [-0.3, -0.25) is 14.7 Å². The molecule has 0 unspecified atom stereocenters. The molecule has 3 aliphatic rings.